The van der Waals surface area contributed by atoms with Gasteiger partial charge in [0.15, 0.2) is 5.84 Å². The van der Waals surface area contributed by atoms with Crippen LogP contribution in [0.25, 0.3) is 0 Å². The number of benzene rings is 1. The summed E-state index contributed by atoms with van der Waals surface area (Å²) < 4.78 is 5.45. The second-order valence-corrected chi connectivity index (χ2v) is 4.46. The smallest absolute Gasteiger partial charge is 0.311 e. The molecule has 0 aromatic heterocycles. The molecule has 0 aliphatic rings. The Morgan fingerprint density at radius 2 is 2.29 bits per heavy atom. The summed E-state index contributed by atoms with van der Waals surface area (Å²) in [4.78, 5) is 10.5. The third-order valence-corrected chi connectivity index (χ3v) is 2.67. The summed E-state index contributed by atoms with van der Waals surface area (Å²) >= 11 is 0. The minimum atomic E-state index is -0.573. The molecular weight excluding hydrogens is 278 g/mol. The normalized spacial score (nSPS) is 12.9. The van der Waals surface area contributed by atoms with Gasteiger partial charge in [-0.15, -0.1) is 0 Å². The molecule has 9 heteroatoms. The van der Waals surface area contributed by atoms with Gasteiger partial charge in [-0.3, -0.25) is 15.1 Å². The van der Waals surface area contributed by atoms with Crippen molar-refractivity contribution in [1.82, 2.24) is 5.01 Å². The van der Waals surface area contributed by atoms with E-state index in [9.17, 15) is 15.2 Å². The van der Waals surface area contributed by atoms with Crippen LogP contribution >= 0.6 is 0 Å². The lowest BCUT2D eigenvalue weighted by atomic mass is 10.1. The highest BCUT2D eigenvalue weighted by atomic mass is 16.6. The van der Waals surface area contributed by atoms with E-state index < -0.39 is 11.0 Å². The summed E-state index contributed by atoms with van der Waals surface area (Å²) in [6.45, 7) is 1.71. The zero-order valence-corrected chi connectivity index (χ0v) is 11.9. The largest absolute Gasteiger partial charge is 0.486 e. The summed E-state index contributed by atoms with van der Waals surface area (Å²) in [5.74, 6) is 11.0. The zero-order valence-electron chi connectivity index (χ0n) is 11.9. The molecular formula is C12H19N5O4. The predicted molar refractivity (Wildman–Crippen MR) is 77.6 cm³/mol. The molecule has 1 unspecified atom stereocenters. The summed E-state index contributed by atoms with van der Waals surface area (Å²) in [5, 5.41) is 25.0. The zero-order chi connectivity index (χ0) is 16.0. The highest BCUT2D eigenvalue weighted by Crippen LogP contribution is 2.31. The molecule has 1 aromatic rings. The number of nitrogens with zero attached hydrogens (tertiary/aromatic N) is 3. The lowest BCUT2D eigenvalue weighted by Gasteiger charge is -2.17. The number of para-hydroxylation sites is 1. The van der Waals surface area contributed by atoms with Crippen molar-refractivity contribution in [2.24, 2.45) is 16.8 Å². The number of amidine groups is 1. The Bertz CT molecular complexity index is 530. The summed E-state index contributed by atoms with van der Waals surface area (Å²) in [6.07, 6.45) is -0.241. The van der Waals surface area contributed by atoms with Crippen molar-refractivity contribution in [2.75, 3.05) is 13.7 Å². The minimum Gasteiger partial charge on any atom is -0.486 e. The van der Waals surface area contributed by atoms with Gasteiger partial charge in [0.25, 0.3) is 0 Å². The van der Waals surface area contributed by atoms with E-state index in [0.717, 1.165) is 5.01 Å². The molecule has 116 valence electrons. The molecule has 0 aliphatic heterocycles. The molecule has 9 nitrogen and oxygen atoms in total. The van der Waals surface area contributed by atoms with E-state index in [-0.39, 0.29) is 23.9 Å². The molecule has 1 atom stereocenters. The summed E-state index contributed by atoms with van der Waals surface area (Å²) in [6, 6.07) is 4.37. The quantitative estimate of drug-likeness (QED) is 0.223. The number of rotatable bonds is 6. The SMILES string of the molecule is CC(O)CCOc1c(/C(=N/N)N(C)N)cccc1[N+](=O)[O-]. The van der Waals surface area contributed by atoms with Gasteiger partial charge in [0.05, 0.1) is 23.2 Å². The van der Waals surface area contributed by atoms with Gasteiger partial charge in [-0.05, 0) is 13.0 Å². The number of aliphatic hydroxyl groups excluding tert-OH is 1. The molecule has 0 saturated carbocycles. The molecule has 5 N–H and O–H groups in total. The number of hydrogen-bond acceptors (Lipinski definition) is 7. The van der Waals surface area contributed by atoms with E-state index in [1.165, 1.54) is 19.2 Å². The Hall–Kier alpha value is -2.39. The Kier molecular flexibility index (Phi) is 5.88. The van der Waals surface area contributed by atoms with Gasteiger partial charge in [0.2, 0.25) is 5.75 Å². The first-order chi connectivity index (χ1) is 9.88. The van der Waals surface area contributed by atoms with Crippen LogP contribution in [0, 0.1) is 10.1 Å². The summed E-state index contributed by atoms with van der Waals surface area (Å²) in [7, 11) is 1.50. The molecule has 0 saturated heterocycles. The van der Waals surface area contributed by atoms with Crippen molar-refractivity contribution in [1.29, 1.82) is 0 Å². The standard InChI is InChI=1S/C12H19N5O4/c1-8(18)6-7-21-11-9(12(15-13)16(2)14)4-3-5-10(11)17(19)20/h3-5,8,18H,6-7,13-14H2,1-2H3/b15-12-. The maximum absolute atomic E-state index is 11.1. The van der Waals surface area contributed by atoms with Crippen LogP contribution in [0.15, 0.2) is 23.3 Å². The number of ether oxygens (including phenoxy) is 1. The van der Waals surface area contributed by atoms with Gasteiger partial charge < -0.3 is 15.7 Å². The monoisotopic (exact) mass is 297 g/mol. The number of nitrogens with two attached hydrogens (primary N) is 2. The lowest BCUT2D eigenvalue weighted by molar-refractivity contribution is -0.385. The van der Waals surface area contributed by atoms with Crippen LogP contribution in [0.4, 0.5) is 5.69 Å². The highest BCUT2D eigenvalue weighted by Gasteiger charge is 2.23. The molecule has 21 heavy (non-hydrogen) atoms. The van der Waals surface area contributed by atoms with Gasteiger partial charge in [0, 0.05) is 19.5 Å². The predicted octanol–water partition coefficient (Wildman–Crippen LogP) is 0.170. The molecule has 0 bridgehead atoms. The van der Waals surface area contributed by atoms with Gasteiger partial charge in [-0.2, -0.15) is 5.10 Å². The molecule has 0 heterocycles. The summed E-state index contributed by atoms with van der Waals surface area (Å²) in [5.41, 5.74) is 0.0865. The van der Waals surface area contributed by atoms with Crippen LogP contribution in [0.5, 0.6) is 5.75 Å². The second-order valence-electron chi connectivity index (χ2n) is 4.46. The number of hydrazone groups is 1. The average molecular weight is 297 g/mol. The van der Waals surface area contributed by atoms with Crippen molar-refractivity contribution in [3.8, 4) is 5.75 Å². The number of nitro benzene ring substituents is 1. The average Bonchev–Trinajstić information content (AvgIpc) is 2.39. The Morgan fingerprint density at radius 3 is 2.76 bits per heavy atom. The van der Waals surface area contributed by atoms with E-state index in [0.29, 0.717) is 12.0 Å². The van der Waals surface area contributed by atoms with Crippen LogP contribution < -0.4 is 16.4 Å². The number of hydrazine groups is 1. The van der Waals surface area contributed by atoms with E-state index in [1.807, 2.05) is 0 Å². The maximum atomic E-state index is 11.1. The third-order valence-electron chi connectivity index (χ3n) is 2.67. The molecule has 0 spiro atoms. The molecule has 0 fully saturated rings. The second kappa shape index (κ2) is 7.41. The van der Waals surface area contributed by atoms with E-state index >= 15 is 0 Å². The van der Waals surface area contributed by atoms with Crippen LogP contribution in [-0.4, -0.2) is 40.6 Å². The van der Waals surface area contributed by atoms with Crippen molar-refractivity contribution >= 4 is 11.5 Å². The van der Waals surface area contributed by atoms with Crippen LogP contribution in [0.1, 0.15) is 18.9 Å². The minimum absolute atomic E-state index is 0.0182. The fourth-order valence-corrected chi connectivity index (χ4v) is 1.68. The van der Waals surface area contributed by atoms with Gasteiger partial charge in [-0.25, -0.2) is 5.84 Å². The first kappa shape index (κ1) is 16.7. The molecule has 0 amide bonds. The third kappa shape index (κ3) is 4.29. The fraction of sp³-hybridized carbons (Fsp3) is 0.417. The van der Waals surface area contributed by atoms with Crippen molar-refractivity contribution in [2.45, 2.75) is 19.4 Å². The van der Waals surface area contributed by atoms with Gasteiger partial charge >= 0.3 is 5.69 Å². The van der Waals surface area contributed by atoms with Crippen LogP contribution in [-0.2, 0) is 0 Å². The van der Waals surface area contributed by atoms with Gasteiger partial charge in [0.1, 0.15) is 0 Å². The van der Waals surface area contributed by atoms with E-state index in [4.69, 9.17) is 16.4 Å². The van der Waals surface area contributed by atoms with Crippen molar-refractivity contribution in [3.63, 3.8) is 0 Å². The molecule has 1 rings (SSSR count). The van der Waals surface area contributed by atoms with Gasteiger partial charge in [-0.1, -0.05) is 6.07 Å². The molecule has 0 aliphatic carbocycles. The number of nitro groups is 1. The van der Waals surface area contributed by atoms with Crippen LogP contribution in [0.2, 0.25) is 0 Å². The maximum Gasteiger partial charge on any atom is 0.311 e. The Morgan fingerprint density at radius 1 is 1.62 bits per heavy atom. The fourth-order valence-electron chi connectivity index (χ4n) is 1.68. The Labute approximate surface area is 121 Å². The molecule has 1 aromatic carbocycles. The van der Waals surface area contributed by atoms with E-state index in [2.05, 4.69) is 5.10 Å². The highest BCUT2D eigenvalue weighted by molar-refractivity contribution is 6.01. The van der Waals surface area contributed by atoms with E-state index in [1.54, 1.807) is 13.0 Å². The first-order valence-corrected chi connectivity index (χ1v) is 6.23. The first-order valence-electron chi connectivity index (χ1n) is 6.23. The Balaban J connectivity index is 3.23. The van der Waals surface area contributed by atoms with Crippen molar-refractivity contribution < 1.29 is 14.8 Å². The lowest BCUT2D eigenvalue weighted by Crippen LogP contribution is -2.35. The van der Waals surface area contributed by atoms with Crippen molar-refractivity contribution in [3.05, 3.63) is 33.9 Å². The topological polar surface area (TPSA) is 140 Å². The van der Waals surface area contributed by atoms with Crippen LogP contribution in [0.3, 0.4) is 0 Å². The molecule has 0 radical (unpaired) electrons. The number of hydrogen-bond donors (Lipinski definition) is 3. The number of aliphatic hydroxyl groups is 1.